The van der Waals surface area contributed by atoms with Crippen LogP contribution in [0.1, 0.15) is 26.3 Å². The first-order chi connectivity index (χ1) is 9.27. The largest absolute Gasteiger partial charge is 0.490 e. The Kier molecular flexibility index (Phi) is 5.06. The van der Waals surface area contributed by atoms with Gasteiger partial charge in [0, 0.05) is 12.1 Å². The highest BCUT2D eigenvalue weighted by molar-refractivity contribution is 5.43. The highest BCUT2D eigenvalue weighted by Crippen LogP contribution is 2.24. The molecule has 0 fully saturated rings. The molecule has 6 heteroatoms. The molecule has 0 saturated carbocycles. The van der Waals surface area contributed by atoms with E-state index in [0.717, 1.165) is 5.56 Å². The Bertz CT molecular complexity index is 537. The number of nitrogens with zero attached hydrogens (tertiary/aromatic N) is 2. The number of rotatable bonds is 6. The van der Waals surface area contributed by atoms with Gasteiger partial charge in [-0.2, -0.15) is 5.26 Å². The first kappa shape index (κ1) is 15.9. The molecule has 1 N–H and O–H groups in total. The van der Waals surface area contributed by atoms with Crippen molar-refractivity contribution < 1.29 is 9.66 Å². The van der Waals surface area contributed by atoms with Crippen molar-refractivity contribution in [1.29, 1.82) is 5.26 Å². The molecule has 0 amide bonds. The van der Waals surface area contributed by atoms with Crippen LogP contribution in [0, 0.1) is 28.4 Å². The number of ether oxygens (including phenoxy) is 1. The third-order valence-electron chi connectivity index (χ3n) is 2.75. The minimum Gasteiger partial charge on any atom is -0.490 e. The maximum atomic E-state index is 10.8. The molecule has 1 atom stereocenters. The number of hydrogen-bond acceptors (Lipinski definition) is 5. The first-order valence-corrected chi connectivity index (χ1v) is 6.34. The molecular weight excluding hydrogens is 258 g/mol. The zero-order valence-electron chi connectivity index (χ0n) is 12.1. The average Bonchev–Trinajstić information content (AvgIpc) is 2.36. The lowest BCUT2D eigenvalue weighted by Gasteiger charge is -2.26. The van der Waals surface area contributed by atoms with E-state index in [2.05, 4.69) is 11.4 Å². The summed E-state index contributed by atoms with van der Waals surface area (Å²) in [7, 11) is 0. The summed E-state index contributed by atoms with van der Waals surface area (Å²) in [4.78, 5) is 10.3. The Balaban J connectivity index is 2.86. The predicted octanol–water partition coefficient (Wildman–Crippen LogP) is 2.56. The second-order valence-electron chi connectivity index (χ2n) is 5.24. The molecule has 108 valence electrons. The molecular formula is C14H19N3O3. The maximum absolute atomic E-state index is 10.8. The van der Waals surface area contributed by atoms with Crippen LogP contribution in [0.2, 0.25) is 0 Å². The average molecular weight is 277 g/mol. The van der Waals surface area contributed by atoms with Gasteiger partial charge in [0.25, 0.3) is 5.69 Å². The van der Waals surface area contributed by atoms with Crippen molar-refractivity contribution in [2.45, 2.75) is 39.3 Å². The minimum absolute atomic E-state index is 0.0268. The fraction of sp³-hybridized carbons (Fsp3) is 0.500. The van der Waals surface area contributed by atoms with Gasteiger partial charge in [-0.3, -0.25) is 15.4 Å². The quantitative estimate of drug-likeness (QED) is 0.637. The smallest absolute Gasteiger partial charge is 0.273 e. The van der Waals surface area contributed by atoms with Gasteiger partial charge in [0.05, 0.1) is 17.1 Å². The van der Waals surface area contributed by atoms with Crippen molar-refractivity contribution in [2.75, 3.05) is 6.61 Å². The predicted molar refractivity (Wildman–Crippen MR) is 75.6 cm³/mol. The molecule has 1 unspecified atom stereocenters. The summed E-state index contributed by atoms with van der Waals surface area (Å²) in [6, 6.07) is 6.74. The Labute approximate surface area is 118 Å². The van der Waals surface area contributed by atoms with Gasteiger partial charge >= 0.3 is 0 Å². The molecule has 0 aliphatic heterocycles. The normalized spacial score (nSPS) is 13.6. The molecule has 0 aliphatic rings. The molecule has 0 spiro atoms. The van der Waals surface area contributed by atoms with E-state index < -0.39 is 10.5 Å². The molecule has 6 nitrogen and oxygen atoms in total. The molecule has 0 heterocycles. The Morgan fingerprint density at radius 3 is 2.70 bits per heavy atom. The van der Waals surface area contributed by atoms with Gasteiger partial charge in [-0.05, 0) is 39.3 Å². The molecule has 1 aromatic carbocycles. The Morgan fingerprint density at radius 1 is 1.55 bits per heavy atom. The van der Waals surface area contributed by atoms with Crippen LogP contribution in [0.3, 0.4) is 0 Å². The second-order valence-corrected chi connectivity index (χ2v) is 5.24. The van der Waals surface area contributed by atoms with Crippen LogP contribution in [-0.4, -0.2) is 23.1 Å². The van der Waals surface area contributed by atoms with E-state index in [4.69, 9.17) is 4.74 Å². The lowest BCUT2D eigenvalue weighted by molar-refractivity contribution is -0.385. The second kappa shape index (κ2) is 6.35. The summed E-state index contributed by atoms with van der Waals surface area (Å²) < 4.78 is 5.60. The van der Waals surface area contributed by atoms with E-state index in [9.17, 15) is 15.4 Å². The van der Waals surface area contributed by atoms with Gasteiger partial charge in [0.15, 0.2) is 0 Å². The monoisotopic (exact) mass is 277 g/mol. The van der Waals surface area contributed by atoms with E-state index in [1.165, 1.54) is 12.1 Å². The zero-order valence-corrected chi connectivity index (χ0v) is 12.1. The number of hydrogen-bond donors (Lipinski definition) is 1. The van der Waals surface area contributed by atoms with Gasteiger partial charge in [-0.25, -0.2) is 0 Å². The van der Waals surface area contributed by atoms with Crippen LogP contribution in [-0.2, 0) is 0 Å². The number of nitro benzene ring substituents is 1. The molecule has 0 bridgehead atoms. The van der Waals surface area contributed by atoms with Crippen LogP contribution < -0.4 is 10.1 Å². The van der Waals surface area contributed by atoms with E-state index in [0.29, 0.717) is 5.75 Å². The van der Waals surface area contributed by atoms with Gasteiger partial charge in [0.2, 0.25) is 0 Å². The highest BCUT2D eigenvalue weighted by atomic mass is 16.6. The van der Waals surface area contributed by atoms with Gasteiger partial charge in [-0.1, -0.05) is 0 Å². The third kappa shape index (κ3) is 4.21. The van der Waals surface area contributed by atoms with E-state index in [1.807, 2.05) is 13.8 Å². The van der Waals surface area contributed by atoms with Crippen molar-refractivity contribution in [3.05, 3.63) is 33.9 Å². The topological polar surface area (TPSA) is 88.2 Å². The summed E-state index contributed by atoms with van der Waals surface area (Å²) in [6.45, 7) is 7.53. The van der Waals surface area contributed by atoms with Crippen LogP contribution in [0.15, 0.2) is 18.2 Å². The molecule has 0 radical (unpaired) electrons. The minimum atomic E-state index is -0.842. The third-order valence-corrected chi connectivity index (χ3v) is 2.75. The number of nitrogens with one attached hydrogen (secondary N) is 1. The Hall–Kier alpha value is -2.13. The van der Waals surface area contributed by atoms with Gasteiger partial charge in [-0.15, -0.1) is 0 Å². The molecule has 0 saturated heterocycles. The number of non-ortho nitro benzene ring substituents is 1. The summed E-state index contributed by atoms with van der Waals surface area (Å²) in [5, 5.41) is 23.1. The van der Waals surface area contributed by atoms with Crippen molar-refractivity contribution in [2.24, 2.45) is 0 Å². The van der Waals surface area contributed by atoms with Crippen LogP contribution in [0.5, 0.6) is 5.75 Å². The number of aryl methyl sites for hydroxylation is 1. The fourth-order valence-corrected chi connectivity index (χ4v) is 1.82. The summed E-state index contributed by atoms with van der Waals surface area (Å²) in [5.41, 5.74) is -0.0767. The van der Waals surface area contributed by atoms with Crippen molar-refractivity contribution >= 4 is 5.69 Å². The molecule has 1 rings (SSSR count). The van der Waals surface area contributed by atoms with Gasteiger partial charge in [0.1, 0.15) is 17.9 Å². The molecule has 0 aliphatic carbocycles. The highest BCUT2D eigenvalue weighted by Gasteiger charge is 2.26. The van der Waals surface area contributed by atoms with Gasteiger partial charge < -0.3 is 4.74 Å². The molecule has 20 heavy (non-hydrogen) atoms. The first-order valence-electron chi connectivity index (χ1n) is 6.34. The lowest BCUT2D eigenvalue weighted by atomic mass is 10.1. The van der Waals surface area contributed by atoms with E-state index in [1.54, 1.807) is 19.9 Å². The number of nitriles is 1. The van der Waals surface area contributed by atoms with Crippen LogP contribution in [0.4, 0.5) is 5.69 Å². The van der Waals surface area contributed by atoms with Crippen molar-refractivity contribution in [1.82, 2.24) is 5.32 Å². The Morgan fingerprint density at radius 2 is 2.20 bits per heavy atom. The fourth-order valence-electron chi connectivity index (χ4n) is 1.82. The number of benzene rings is 1. The summed E-state index contributed by atoms with van der Waals surface area (Å²) in [5.74, 6) is 0.422. The molecule has 1 aromatic rings. The standard InChI is InChI=1S/C14H19N3O3/c1-10(2)16-14(4,8-15)9-20-13-7-12(17(18)19)6-5-11(13)3/h5-7,10,16H,9H2,1-4H3. The van der Waals surface area contributed by atoms with E-state index in [-0.39, 0.29) is 18.3 Å². The van der Waals surface area contributed by atoms with Crippen molar-refractivity contribution in [3.8, 4) is 11.8 Å². The zero-order chi connectivity index (χ0) is 15.3. The SMILES string of the molecule is Cc1ccc([N+](=O)[O-])cc1OCC(C)(C#N)NC(C)C. The van der Waals surface area contributed by atoms with Crippen LogP contribution >= 0.6 is 0 Å². The lowest BCUT2D eigenvalue weighted by Crippen LogP contribution is -2.49. The van der Waals surface area contributed by atoms with Crippen molar-refractivity contribution in [3.63, 3.8) is 0 Å². The van der Waals surface area contributed by atoms with Crippen LogP contribution in [0.25, 0.3) is 0 Å². The maximum Gasteiger partial charge on any atom is 0.273 e. The number of nitro groups is 1. The summed E-state index contributed by atoms with van der Waals surface area (Å²) >= 11 is 0. The van der Waals surface area contributed by atoms with E-state index >= 15 is 0 Å². The summed E-state index contributed by atoms with van der Waals surface area (Å²) in [6.07, 6.45) is 0. The molecule has 0 aromatic heterocycles.